The lowest BCUT2D eigenvalue weighted by Gasteiger charge is -2.26. The van der Waals surface area contributed by atoms with Crippen molar-refractivity contribution in [1.82, 2.24) is 10.2 Å². The number of benzene rings is 1. The van der Waals surface area contributed by atoms with Gasteiger partial charge < -0.3 is 10.2 Å². The fourth-order valence-electron chi connectivity index (χ4n) is 2.96. The molecule has 1 fully saturated rings. The Balaban J connectivity index is 1.88. The molecule has 11 heteroatoms. The lowest BCUT2D eigenvalue weighted by Crippen LogP contribution is -2.48. The first-order valence-corrected chi connectivity index (χ1v) is 11.8. The molecule has 1 aromatic rings. The molecule has 1 heterocycles. The van der Waals surface area contributed by atoms with E-state index in [-0.39, 0.29) is 29.5 Å². The van der Waals surface area contributed by atoms with Crippen LogP contribution in [0.3, 0.4) is 0 Å². The minimum Gasteiger partial charge on any atom is -0.347 e. The Bertz CT molecular complexity index is 910. The third kappa shape index (κ3) is 5.75. The third-order valence-electron chi connectivity index (χ3n) is 4.40. The molecule has 0 radical (unpaired) electrons. The SMILES string of the molecule is CCN(C(=O)C(=O)NCCc1ccc(S(N)(=O)=O)cc1)C1CCS(=O)(=O)C1. The Morgan fingerprint density at radius 2 is 1.89 bits per heavy atom. The molecular formula is C16H23N3O6S2. The number of amides is 2. The first-order valence-electron chi connectivity index (χ1n) is 8.44. The van der Waals surface area contributed by atoms with Crippen LogP contribution in [0, 0.1) is 0 Å². The molecular weight excluding hydrogens is 394 g/mol. The fraction of sp³-hybridized carbons (Fsp3) is 0.500. The molecule has 9 nitrogen and oxygen atoms in total. The molecule has 1 aliphatic rings. The number of carbonyl (C=O) groups is 2. The van der Waals surface area contributed by atoms with Crippen molar-refractivity contribution in [2.45, 2.75) is 30.7 Å². The number of nitrogens with one attached hydrogen (secondary N) is 1. The van der Waals surface area contributed by atoms with Crippen LogP contribution in [0.5, 0.6) is 0 Å². The molecule has 0 aromatic heterocycles. The summed E-state index contributed by atoms with van der Waals surface area (Å²) in [6.45, 7) is 2.13. The van der Waals surface area contributed by atoms with E-state index >= 15 is 0 Å². The van der Waals surface area contributed by atoms with Gasteiger partial charge in [0.2, 0.25) is 10.0 Å². The van der Waals surface area contributed by atoms with Gasteiger partial charge in [0.05, 0.1) is 16.4 Å². The lowest BCUT2D eigenvalue weighted by molar-refractivity contribution is -0.146. The highest BCUT2D eigenvalue weighted by molar-refractivity contribution is 7.91. The summed E-state index contributed by atoms with van der Waals surface area (Å²) >= 11 is 0. The standard InChI is InChI=1S/C16H23N3O6S2/c1-2-19(13-8-10-26(22,23)11-13)16(21)15(20)18-9-7-12-3-5-14(6-4-12)27(17,24)25/h3-6,13H,2,7-11H2,1H3,(H,18,20)(H2,17,24,25). The van der Waals surface area contributed by atoms with Crippen LogP contribution < -0.4 is 10.5 Å². The number of carbonyl (C=O) groups excluding carboxylic acids is 2. The number of sulfone groups is 1. The van der Waals surface area contributed by atoms with Gasteiger partial charge in [0.1, 0.15) is 0 Å². The Hall–Kier alpha value is -1.98. The van der Waals surface area contributed by atoms with Crippen molar-refractivity contribution in [1.29, 1.82) is 0 Å². The topological polar surface area (TPSA) is 144 Å². The zero-order valence-electron chi connectivity index (χ0n) is 14.9. The van der Waals surface area contributed by atoms with Gasteiger partial charge in [-0.25, -0.2) is 22.0 Å². The average Bonchev–Trinajstić information content (AvgIpc) is 2.94. The van der Waals surface area contributed by atoms with E-state index in [0.29, 0.717) is 12.8 Å². The monoisotopic (exact) mass is 417 g/mol. The fourth-order valence-corrected chi connectivity index (χ4v) is 5.21. The minimum absolute atomic E-state index is 0.00410. The van der Waals surface area contributed by atoms with Crippen molar-refractivity contribution in [3.8, 4) is 0 Å². The van der Waals surface area contributed by atoms with Gasteiger partial charge in [0.15, 0.2) is 9.84 Å². The maximum Gasteiger partial charge on any atom is 0.312 e. The molecule has 2 rings (SSSR count). The van der Waals surface area contributed by atoms with E-state index in [1.165, 1.54) is 17.0 Å². The Morgan fingerprint density at radius 1 is 1.26 bits per heavy atom. The van der Waals surface area contributed by atoms with Gasteiger partial charge in [-0.3, -0.25) is 9.59 Å². The van der Waals surface area contributed by atoms with Crippen LogP contribution in [0.25, 0.3) is 0 Å². The number of hydrogen-bond donors (Lipinski definition) is 2. The van der Waals surface area contributed by atoms with E-state index in [0.717, 1.165) is 5.56 Å². The van der Waals surface area contributed by atoms with Crippen LogP contribution in [0.2, 0.25) is 0 Å². The van der Waals surface area contributed by atoms with E-state index in [4.69, 9.17) is 5.14 Å². The normalized spacial score (nSPS) is 18.8. The van der Waals surface area contributed by atoms with Crippen molar-refractivity contribution in [2.24, 2.45) is 5.14 Å². The highest BCUT2D eigenvalue weighted by Crippen LogP contribution is 2.17. The van der Waals surface area contributed by atoms with Crippen molar-refractivity contribution in [3.05, 3.63) is 29.8 Å². The zero-order valence-corrected chi connectivity index (χ0v) is 16.6. The minimum atomic E-state index is -3.76. The van der Waals surface area contributed by atoms with Gasteiger partial charge in [0.25, 0.3) is 0 Å². The van der Waals surface area contributed by atoms with Crippen LogP contribution in [0.4, 0.5) is 0 Å². The number of hydrogen-bond acceptors (Lipinski definition) is 6. The Kier molecular flexibility index (Phi) is 6.60. The molecule has 0 aliphatic carbocycles. The largest absolute Gasteiger partial charge is 0.347 e. The molecule has 27 heavy (non-hydrogen) atoms. The smallest absolute Gasteiger partial charge is 0.312 e. The predicted molar refractivity (Wildman–Crippen MR) is 99.0 cm³/mol. The summed E-state index contributed by atoms with van der Waals surface area (Å²) in [5.74, 6) is -1.63. The third-order valence-corrected chi connectivity index (χ3v) is 7.08. The molecule has 3 N–H and O–H groups in total. The van der Waals surface area contributed by atoms with Crippen molar-refractivity contribution < 1.29 is 26.4 Å². The number of nitrogens with zero attached hydrogens (tertiary/aromatic N) is 1. The van der Waals surface area contributed by atoms with Gasteiger partial charge in [-0.2, -0.15) is 0 Å². The molecule has 0 spiro atoms. The van der Waals surface area contributed by atoms with Crippen LogP contribution in [-0.2, 0) is 35.9 Å². The molecule has 2 amide bonds. The van der Waals surface area contributed by atoms with Crippen molar-refractivity contribution in [3.63, 3.8) is 0 Å². The van der Waals surface area contributed by atoms with E-state index in [2.05, 4.69) is 5.32 Å². The zero-order chi connectivity index (χ0) is 20.2. The van der Waals surface area contributed by atoms with Crippen LogP contribution in [0.1, 0.15) is 18.9 Å². The van der Waals surface area contributed by atoms with E-state index in [1.807, 2.05) is 0 Å². The van der Waals surface area contributed by atoms with Gasteiger partial charge in [0, 0.05) is 19.1 Å². The van der Waals surface area contributed by atoms with E-state index in [9.17, 15) is 26.4 Å². The molecule has 150 valence electrons. The first kappa shape index (κ1) is 21.3. The first-order chi connectivity index (χ1) is 12.5. The predicted octanol–water partition coefficient (Wildman–Crippen LogP) is -0.972. The number of likely N-dealkylation sites (N-methyl/N-ethyl adjacent to an activating group) is 1. The highest BCUT2D eigenvalue weighted by Gasteiger charge is 2.35. The molecule has 1 unspecified atom stereocenters. The molecule has 1 aliphatic heterocycles. The lowest BCUT2D eigenvalue weighted by atomic mass is 10.1. The second-order valence-electron chi connectivity index (χ2n) is 6.34. The number of primary sulfonamides is 1. The quantitative estimate of drug-likeness (QED) is 0.570. The summed E-state index contributed by atoms with van der Waals surface area (Å²) in [6, 6.07) is 5.43. The van der Waals surface area contributed by atoms with Crippen molar-refractivity contribution >= 4 is 31.7 Å². The summed E-state index contributed by atoms with van der Waals surface area (Å²) in [4.78, 5) is 25.7. The molecule has 1 atom stereocenters. The number of sulfonamides is 1. The Labute approximate surface area is 158 Å². The summed E-state index contributed by atoms with van der Waals surface area (Å²) in [6.07, 6.45) is 0.736. The summed E-state index contributed by atoms with van der Waals surface area (Å²) in [7, 11) is -6.91. The van der Waals surface area contributed by atoms with Crippen LogP contribution >= 0.6 is 0 Å². The second kappa shape index (κ2) is 8.36. The number of rotatable bonds is 6. The molecule has 1 aromatic carbocycles. The van der Waals surface area contributed by atoms with E-state index in [1.54, 1.807) is 19.1 Å². The van der Waals surface area contributed by atoms with Crippen LogP contribution in [-0.4, -0.2) is 64.2 Å². The summed E-state index contributed by atoms with van der Waals surface area (Å²) < 4.78 is 45.6. The molecule has 1 saturated heterocycles. The van der Waals surface area contributed by atoms with Gasteiger partial charge >= 0.3 is 11.8 Å². The van der Waals surface area contributed by atoms with Gasteiger partial charge in [-0.15, -0.1) is 0 Å². The average molecular weight is 418 g/mol. The molecule has 0 saturated carbocycles. The van der Waals surface area contributed by atoms with Gasteiger partial charge in [-0.1, -0.05) is 12.1 Å². The summed E-state index contributed by atoms with van der Waals surface area (Å²) in [5, 5.41) is 7.54. The van der Waals surface area contributed by atoms with E-state index < -0.39 is 37.7 Å². The highest BCUT2D eigenvalue weighted by atomic mass is 32.2. The van der Waals surface area contributed by atoms with Gasteiger partial charge in [-0.05, 0) is 37.5 Å². The Morgan fingerprint density at radius 3 is 2.37 bits per heavy atom. The maximum absolute atomic E-state index is 12.3. The number of nitrogens with two attached hydrogens (primary N) is 1. The summed E-state index contributed by atoms with van der Waals surface area (Å²) in [5.41, 5.74) is 0.768. The van der Waals surface area contributed by atoms with Crippen LogP contribution in [0.15, 0.2) is 29.2 Å². The second-order valence-corrected chi connectivity index (χ2v) is 10.1. The molecule has 0 bridgehead atoms. The maximum atomic E-state index is 12.3. The van der Waals surface area contributed by atoms with Crippen molar-refractivity contribution in [2.75, 3.05) is 24.6 Å².